The van der Waals surface area contributed by atoms with Gasteiger partial charge in [0.15, 0.2) is 0 Å². The summed E-state index contributed by atoms with van der Waals surface area (Å²) in [5.41, 5.74) is 0.741. The predicted molar refractivity (Wildman–Crippen MR) is 90.1 cm³/mol. The first-order chi connectivity index (χ1) is 10.7. The van der Waals surface area contributed by atoms with Crippen molar-refractivity contribution in [3.8, 4) is 5.75 Å². The fraction of sp³-hybridized carbons (Fsp3) is 0.562. The molecule has 0 aliphatic rings. The Labute approximate surface area is 138 Å². The van der Waals surface area contributed by atoms with E-state index in [9.17, 15) is 13.2 Å². The monoisotopic (exact) mass is 342 g/mol. The zero-order valence-corrected chi connectivity index (χ0v) is 15.2. The lowest BCUT2D eigenvalue weighted by molar-refractivity contribution is -0.121. The minimum absolute atomic E-state index is 0.0197. The Kier molecular flexibility index (Phi) is 7.02. The van der Waals surface area contributed by atoms with Crippen molar-refractivity contribution in [1.82, 2.24) is 9.62 Å². The molecule has 0 heterocycles. The average Bonchev–Trinajstić information content (AvgIpc) is 2.48. The molecule has 0 spiro atoms. The molecule has 1 amide bonds. The Bertz CT molecular complexity index is 643. The molecule has 1 N–H and O–H groups in total. The number of sulfonamides is 1. The highest BCUT2D eigenvalue weighted by molar-refractivity contribution is 7.89. The molecule has 0 saturated carbocycles. The molecule has 0 aliphatic carbocycles. The molecular formula is C16H26N2O4S. The van der Waals surface area contributed by atoms with Crippen LogP contribution in [0.2, 0.25) is 0 Å². The minimum Gasteiger partial charge on any atom is -0.494 e. The van der Waals surface area contributed by atoms with Crippen molar-refractivity contribution in [2.75, 3.05) is 20.2 Å². The van der Waals surface area contributed by atoms with Gasteiger partial charge in [0.25, 0.3) is 0 Å². The highest BCUT2D eigenvalue weighted by atomic mass is 32.2. The Morgan fingerprint density at radius 3 is 2.52 bits per heavy atom. The van der Waals surface area contributed by atoms with Gasteiger partial charge >= 0.3 is 0 Å². The summed E-state index contributed by atoms with van der Waals surface area (Å²) in [6.45, 7) is 7.80. The molecule has 1 aromatic carbocycles. The summed E-state index contributed by atoms with van der Waals surface area (Å²) in [6.07, 6.45) is 0.792. The van der Waals surface area contributed by atoms with Crippen LogP contribution in [-0.2, 0) is 14.8 Å². The molecule has 23 heavy (non-hydrogen) atoms. The Morgan fingerprint density at radius 2 is 2.00 bits per heavy atom. The standard InChI is InChI=1S/C16H26N2O4S/c1-6-13(4)17-16(19)11-18(5)23(20,21)14-8-9-15(22-7-2)12(3)10-14/h8-10,13H,6-7,11H2,1-5H3,(H,17,19)/t13-/m0/s1. The Balaban J connectivity index is 2.89. The number of carbonyl (C=O) groups excluding carboxylic acids is 1. The van der Waals surface area contributed by atoms with Gasteiger partial charge in [-0.25, -0.2) is 8.42 Å². The lowest BCUT2D eigenvalue weighted by Crippen LogP contribution is -2.41. The van der Waals surface area contributed by atoms with E-state index in [1.54, 1.807) is 19.1 Å². The maximum absolute atomic E-state index is 12.5. The summed E-state index contributed by atoms with van der Waals surface area (Å²) >= 11 is 0. The van der Waals surface area contributed by atoms with E-state index in [-0.39, 0.29) is 23.4 Å². The van der Waals surface area contributed by atoms with Gasteiger partial charge in [-0.1, -0.05) is 6.92 Å². The van der Waals surface area contributed by atoms with Gasteiger partial charge in [-0.05, 0) is 51.0 Å². The normalized spacial score (nSPS) is 13.0. The molecule has 1 aromatic rings. The number of nitrogens with zero attached hydrogens (tertiary/aromatic N) is 1. The first-order valence-electron chi connectivity index (χ1n) is 7.71. The lowest BCUT2D eigenvalue weighted by atomic mass is 10.2. The van der Waals surface area contributed by atoms with Crippen molar-refractivity contribution in [1.29, 1.82) is 0 Å². The van der Waals surface area contributed by atoms with Crippen LogP contribution in [0.3, 0.4) is 0 Å². The number of hydrogen-bond donors (Lipinski definition) is 1. The third-order valence-corrected chi connectivity index (χ3v) is 5.34. The van der Waals surface area contributed by atoms with E-state index in [1.165, 1.54) is 13.1 Å². The molecule has 130 valence electrons. The molecule has 1 rings (SSSR count). The maximum Gasteiger partial charge on any atom is 0.243 e. The van der Waals surface area contributed by atoms with Gasteiger partial charge in [0.05, 0.1) is 18.0 Å². The molecule has 0 unspecified atom stereocenters. The molecule has 0 aromatic heterocycles. The molecule has 0 saturated heterocycles. The van der Waals surface area contributed by atoms with Gasteiger partial charge in [0.2, 0.25) is 15.9 Å². The van der Waals surface area contributed by atoms with E-state index in [0.717, 1.165) is 16.3 Å². The third-order valence-electron chi connectivity index (χ3n) is 3.54. The van der Waals surface area contributed by atoms with E-state index in [4.69, 9.17) is 4.74 Å². The van der Waals surface area contributed by atoms with Gasteiger partial charge < -0.3 is 10.1 Å². The summed E-state index contributed by atoms with van der Waals surface area (Å²) in [7, 11) is -2.31. The first kappa shape index (κ1) is 19.4. The van der Waals surface area contributed by atoms with Gasteiger partial charge in [0, 0.05) is 13.1 Å². The Hall–Kier alpha value is -1.60. The van der Waals surface area contributed by atoms with E-state index in [0.29, 0.717) is 12.4 Å². The van der Waals surface area contributed by atoms with E-state index < -0.39 is 10.0 Å². The predicted octanol–water partition coefficient (Wildman–Crippen LogP) is 1.93. The molecule has 0 aliphatic heterocycles. The van der Waals surface area contributed by atoms with Crippen molar-refractivity contribution in [2.24, 2.45) is 0 Å². The topological polar surface area (TPSA) is 75.7 Å². The van der Waals surface area contributed by atoms with Crippen molar-refractivity contribution < 1.29 is 17.9 Å². The lowest BCUT2D eigenvalue weighted by Gasteiger charge is -2.19. The quantitative estimate of drug-likeness (QED) is 0.783. The molecule has 0 fully saturated rings. The summed E-state index contributed by atoms with van der Waals surface area (Å²) in [5, 5.41) is 2.76. The van der Waals surface area contributed by atoms with Crippen LogP contribution in [0.4, 0.5) is 0 Å². The fourth-order valence-electron chi connectivity index (χ4n) is 1.99. The molecular weight excluding hydrogens is 316 g/mol. The molecule has 0 radical (unpaired) electrons. The second-order valence-corrected chi connectivity index (χ2v) is 7.54. The highest BCUT2D eigenvalue weighted by Gasteiger charge is 2.24. The van der Waals surface area contributed by atoms with Crippen molar-refractivity contribution in [2.45, 2.75) is 45.1 Å². The molecule has 6 nitrogen and oxygen atoms in total. The molecule has 1 atom stereocenters. The second-order valence-electron chi connectivity index (χ2n) is 5.50. The maximum atomic E-state index is 12.5. The minimum atomic E-state index is -3.71. The summed E-state index contributed by atoms with van der Waals surface area (Å²) < 4.78 is 31.6. The van der Waals surface area contributed by atoms with Crippen molar-refractivity contribution >= 4 is 15.9 Å². The number of amides is 1. The number of carbonyl (C=O) groups is 1. The number of hydrogen-bond acceptors (Lipinski definition) is 4. The van der Waals surface area contributed by atoms with E-state index in [2.05, 4.69) is 5.32 Å². The highest BCUT2D eigenvalue weighted by Crippen LogP contribution is 2.23. The second kappa shape index (κ2) is 8.31. The van der Waals surface area contributed by atoms with Gasteiger partial charge in [-0.15, -0.1) is 0 Å². The van der Waals surface area contributed by atoms with Crippen LogP contribution in [0.15, 0.2) is 23.1 Å². The van der Waals surface area contributed by atoms with Crippen molar-refractivity contribution in [3.63, 3.8) is 0 Å². The number of ether oxygens (including phenoxy) is 1. The first-order valence-corrected chi connectivity index (χ1v) is 9.15. The SMILES string of the molecule is CCOc1ccc(S(=O)(=O)N(C)CC(=O)N[C@@H](C)CC)cc1C. The van der Waals surface area contributed by atoms with E-state index >= 15 is 0 Å². The van der Waals surface area contributed by atoms with Crippen LogP contribution in [0.1, 0.15) is 32.8 Å². The van der Waals surface area contributed by atoms with Gasteiger partial charge in [-0.3, -0.25) is 4.79 Å². The average molecular weight is 342 g/mol. The summed E-state index contributed by atoms with van der Waals surface area (Å²) in [6, 6.07) is 4.71. The van der Waals surface area contributed by atoms with Gasteiger partial charge in [0.1, 0.15) is 5.75 Å². The summed E-state index contributed by atoms with van der Waals surface area (Å²) in [5.74, 6) is 0.344. The van der Waals surface area contributed by atoms with Crippen LogP contribution in [0, 0.1) is 6.92 Å². The number of nitrogens with one attached hydrogen (secondary N) is 1. The smallest absolute Gasteiger partial charge is 0.243 e. The van der Waals surface area contributed by atoms with Crippen LogP contribution >= 0.6 is 0 Å². The van der Waals surface area contributed by atoms with Crippen LogP contribution in [0.25, 0.3) is 0 Å². The van der Waals surface area contributed by atoms with Crippen molar-refractivity contribution in [3.05, 3.63) is 23.8 Å². The van der Waals surface area contributed by atoms with Crippen LogP contribution in [-0.4, -0.2) is 44.9 Å². The third kappa shape index (κ3) is 5.21. The van der Waals surface area contributed by atoms with E-state index in [1.807, 2.05) is 20.8 Å². The largest absolute Gasteiger partial charge is 0.494 e. The number of likely N-dealkylation sites (N-methyl/N-ethyl adjacent to an activating group) is 1. The van der Waals surface area contributed by atoms with Gasteiger partial charge in [-0.2, -0.15) is 4.31 Å². The summed E-state index contributed by atoms with van der Waals surface area (Å²) in [4.78, 5) is 12.0. The van der Waals surface area contributed by atoms with Crippen LogP contribution < -0.4 is 10.1 Å². The molecule has 0 bridgehead atoms. The zero-order valence-electron chi connectivity index (χ0n) is 14.4. The number of aryl methyl sites for hydroxylation is 1. The fourth-order valence-corrected chi connectivity index (χ4v) is 3.20. The molecule has 7 heteroatoms. The Morgan fingerprint density at radius 1 is 1.35 bits per heavy atom. The van der Waals surface area contributed by atoms with Crippen LogP contribution in [0.5, 0.6) is 5.75 Å². The number of rotatable bonds is 8. The number of benzene rings is 1. The zero-order chi connectivity index (χ0) is 17.6.